The van der Waals surface area contributed by atoms with Crippen molar-refractivity contribution in [2.24, 2.45) is 0 Å². The first-order chi connectivity index (χ1) is 29.3. The lowest BCUT2D eigenvalue weighted by Gasteiger charge is -2.26. The molecule has 1 N–H and O–H groups in total. The summed E-state index contributed by atoms with van der Waals surface area (Å²) in [6, 6.07) is 24.4. The molecule has 63 heavy (non-hydrogen) atoms. The molecule has 17 heteroatoms. The number of esters is 2. The van der Waals surface area contributed by atoms with Gasteiger partial charge < -0.3 is 28.8 Å². The number of ether oxygens (including phenoxy) is 5. The summed E-state index contributed by atoms with van der Waals surface area (Å²) in [5.74, 6) is 0.499. The summed E-state index contributed by atoms with van der Waals surface area (Å²) in [6.45, 7) is 17.4. The van der Waals surface area contributed by atoms with Crippen LogP contribution in [0.2, 0.25) is 0 Å². The Kier molecular flexibility index (Phi) is 21.1. The van der Waals surface area contributed by atoms with Crippen molar-refractivity contribution < 1.29 is 55.2 Å². The number of benzene rings is 4. The largest absolute Gasteiger partial charge is 0.497 e. The number of alkyl halides is 1. The Morgan fingerprint density at radius 2 is 0.952 bits per heavy atom. The zero-order valence-electron chi connectivity index (χ0n) is 38.4. The zero-order chi connectivity index (χ0) is 47.8. The van der Waals surface area contributed by atoms with Crippen molar-refractivity contribution in [2.45, 2.75) is 90.2 Å². The van der Waals surface area contributed by atoms with Gasteiger partial charge in [0.05, 0.1) is 61.7 Å². The predicted octanol–water partition coefficient (Wildman–Crippen LogP) is 8.09. The number of anilines is 2. The SMILES string of the molecule is CC(C)(C)OC(=O)CBr.COc1cc(C)c(S(=O)(=O)N(CCO)c2ccccc2)c(C)c1.COc1cc(C)c(S(=O)(=O)N(CCOCC(=O)OC(C)(C)C)c2ccccc2)c(C)c1. The van der Waals surface area contributed by atoms with E-state index in [2.05, 4.69) is 15.9 Å². The summed E-state index contributed by atoms with van der Waals surface area (Å²) in [4.78, 5) is 22.9. The highest BCUT2D eigenvalue weighted by Crippen LogP contribution is 2.32. The summed E-state index contributed by atoms with van der Waals surface area (Å²) >= 11 is 2.99. The smallest absolute Gasteiger partial charge is 0.332 e. The number of carbonyl (C=O) groups is 2. The number of aliphatic hydroxyl groups is 1. The van der Waals surface area contributed by atoms with Crippen LogP contribution in [0.25, 0.3) is 0 Å². The van der Waals surface area contributed by atoms with Crippen molar-refractivity contribution in [3.8, 4) is 11.5 Å². The Balaban J connectivity index is 0.000000373. The van der Waals surface area contributed by atoms with Crippen molar-refractivity contribution in [2.75, 3.05) is 61.1 Å². The molecule has 0 aliphatic carbocycles. The Labute approximate surface area is 382 Å². The molecule has 14 nitrogen and oxygen atoms in total. The second-order valence-corrected chi connectivity index (χ2v) is 20.2. The molecule has 0 heterocycles. The molecular weight excluding hydrogens is 917 g/mol. The first kappa shape index (κ1) is 54.5. The molecular formula is C46H63BrN2O12S2. The summed E-state index contributed by atoms with van der Waals surface area (Å²) in [7, 11) is -4.58. The van der Waals surface area contributed by atoms with E-state index in [0.29, 0.717) is 45.1 Å². The van der Waals surface area contributed by atoms with E-state index < -0.39 is 31.6 Å². The van der Waals surface area contributed by atoms with E-state index in [9.17, 15) is 31.5 Å². The predicted molar refractivity (Wildman–Crippen MR) is 250 cm³/mol. The maximum absolute atomic E-state index is 13.6. The first-order valence-corrected chi connectivity index (χ1v) is 24.0. The summed E-state index contributed by atoms with van der Waals surface area (Å²) in [5.41, 5.74) is 2.48. The monoisotopic (exact) mass is 978 g/mol. The van der Waals surface area contributed by atoms with Crippen LogP contribution >= 0.6 is 15.9 Å². The van der Waals surface area contributed by atoms with Gasteiger partial charge in [0.15, 0.2) is 0 Å². The van der Waals surface area contributed by atoms with E-state index in [4.69, 9.17) is 23.7 Å². The molecule has 0 saturated heterocycles. The standard InChI is InChI=1S/C23H31NO6S.C17H21NO4S.C6H11BrO2/c1-17-14-20(28-6)15-18(2)22(17)31(26,27)24(19-10-8-7-9-11-19)12-13-29-16-21(25)30-23(3,4)5;1-13-11-16(22-3)12-14(2)17(13)23(20,21)18(9-10-19)15-7-5-4-6-8-15;1-6(2,3)9-5(8)4-7/h7-11,14-15H,12-13,16H2,1-6H3;4-8,11-12,19H,9-10H2,1-3H3;4H2,1-3H3. The van der Waals surface area contributed by atoms with Crippen LogP contribution in [0.3, 0.4) is 0 Å². The molecule has 0 spiro atoms. The Bertz CT molecular complexity index is 2270. The number of hydrogen-bond acceptors (Lipinski definition) is 12. The zero-order valence-corrected chi connectivity index (χ0v) is 41.6. The number of hydrogen-bond donors (Lipinski definition) is 1. The molecule has 348 valence electrons. The normalized spacial score (nSPS) is 11.5. The molecule has 0 bridgehead atoms. The molecule has 0 amide bonds. The number of methoxy groups -OCH3 is 2. The lowest BCUT2D eigenvalue weighted by molar-refractivity contribution is -0.160. The number of para-hydroxylation sites is 2. The van der Waals surface area contributed by atoms with Crippen LogP contribution in [-0.4, -0.2) is 97.5 Å². The summed E-state index contributed by atoms with van der Waals surface area (Å²) in [5, 5.41) is 9.57. The third kappa shape index (κ3) is 17.1. The Hall–Kier alpha value is -4.68. The van der Waals surface area contributed by atoms with Gasteiger partial charge in [0.25, 0.3) is 20.0 Å². The van der Waals surface area contributed by atoms with Gasteiger partial charge in [-0.1, -0.05) is 52.3 Å². The highest BCUT2D eigenvalue weighted by molar-refractivity contribution is 9.09. The molecule has 0 radical (unpaired) electrons. The average molecular weight is 980 g/mol. The number of aliphatic hydroxyl groups excluding tert-OH is 1. The molecule has 0 saturated carbocycles. The van der Waals surface area contributed by atoms with E-state index in [1.54, 1.807) is 135 Å². The third-order valence-electron chi connectivity index (χ3n) is 8.43. The maximum atomic E-state index is 13.6. The molecule has 4 aromatic rings. The van der Waals surface area contributed by atoms with Crippen LogP contribution in [0.5, 0.6) is 11.5 Å². The lowest BCUT2D eigenvalue weighted by Crippen LogP contribution is -2.35. The highest BCUT2D eigenvalue weighted by atomic mass is 79.9. The van der Waals surface area contributed by atoms with Crippen LogP contribution in [0, 0.1) is 27.7 Å². The van der Waals surface area contributed by atoms with Crippen molar-refractivity contribution in [1.82, 2.24) is 0 Å². The minimum Gasteiger partial charge on any atom is -0.497 e. The van der Waals surface area contributed by atoms with E-state index in [0.717, 1.165) is 0 Å². The molecule has 0 fully saturated rings. The third-order valence-corrected chi connectivity index (χ3v) is 13.2. The molecule has 0 aliphatic heterocycles. The highest BCUT2D eigenvalue weighted by Gasteiger charge is 2.30. The van der Waals surface area contributed by atoms with Crippen LogP contribution in [-0.2, 0) is 43.8 Å². The van der Waals surface area contributed by atoms with Gasteiger partial charge in [-0.2, -0.15) is 0 Å². The molecule has 0 aromatic heterocycles. The fraction of sp³-hybridized carbons (Fsp3) is 0.435. The van der Waals surface area contributed by atoms with Crippen LogP contribution in [0.4, 0.5) is 11.4 Å². The number of halogens is 1. The molecule has 4 rings (SSSR count). The van der Waals surface area contributed by atoms with Gasteiger partial charge in [0.1, 0.15) is 34.6 Å². The summed E-state index contributed by atoms with van der Waals surface area (Å²) in [6.07, 6.45) is 0. The number of rotatable bonds is 16. The quantitative estimate of drug-likeness (QED) is 0.0650. The van der Waals surface area contributed by atoms with E-state index in [-0.39, 0.29) is 59.6 Å². The van der Waals surface area contributed by atoms with Gasteiger partial charge in [-0.15, -0.1) is 0 Å². The van der Waals surface area contributed by atoms with Crippen LogP contribution < -0.4 is 18.1 Å². The molecule has 4 aromatic carbocycles. The van der Waals surface area contributed by atoms with Crippen LogP contribution in [0.1, 0.15) is 63.8 Å². The van der Waals surface area contributed by atoms with E-state index in [1.807, 2.05) is 32.9 Å². The van der Waals surface area contributed by atoms with Gasteiger partial charge in [0, 0.05) is 0 Å². The van der Waals surface area contributed by atoms with Crippen LogP contribution in [0.15, 0.2) is 94.7 Å². The molecule has 0 unspecified atom stereocenters. The van der Waals surface area contributed by atoms with E-state index in [1.165, 1.54) is 8.61 Å². The molecule has 0 atom stereocenters. The van der Waals surface area contributed by atoms with Crippen molar-refractivity contribution in [1.29, 1.82) is 0 Å². The van der Waals surface area contributed by atoms with Gasteiger partial charge >= 0.3 is 11.9 Å². The minimum absolute atomic E-state index is 0.00272. The van der Waals surface area contributed by atoms with Crippen molar-refractivity contribution in [3.05, 3.63) is 107 Å². The number of nitrogens with zero attached hydrogens (tertiary/aromatic N) is 2. The number of sulfonamides is 2. The fourth-order valence-corrected chi connectivity index (χ4v) is 10.0. The van der Waals surface area contributed by atoms with E-state index >= 15 is 0 Å². The van der Waals surface area contributed by atoms with Gasteiger partial charge in [0.2, 0.25) is 0 Å². The second-order valence-electron chi connectivity index (χ2n) is 16.1. The summed E-state index contributed by atoms with van der Waals surface area (Å²) < 4.78 is 82.0. The van der Waals surface area contributed by atoms with Crippen molar-refractivity contribution >= 4 is 59.3 Å². The fourth-order valence-electron chi connectivity index (χ4n) is 6.19. The minimum atomic E-state index is -3.89. The second kappa shape index (κ2) is 24.4. The van der Waals surface area contributed by atoms with Gasteiger partial charge in [-0.25, -0.2) is 21.6 Å². The molecule has 0 aliphatic rings. The lowest BCUT2D eigenvalue weighted by atomic mass is 10.1. The maximum Gasteiger partial charge on any atom is 0.332 e. The Morgan fingerprint density at radius 3 is 1.25 bits per heavy atom. The topological polar surface area (TPSA) is 175 Å². The number of carbonyl (C=O) groups excluding carboxylic acids is 2. The number of aryl methyl sites for hydroxylation is 4. The average Bonchev–Trinajstić information content (AvgIpc) is 3.18. The van der Waals surface area contributed by atoms with Gasteiger partial charge in [-0.3, -0.25) is 13.4 Å². The van der Waals surface area contributed by atoms with Crippen molar-refractivity contribution in [3.63, 3.8) is 0 Å². The van der Waals surface area contributed by atoms with Gasteiger partial charge in [-0.05, 0) is 140 Å². The Morgan fingerprint density at radius 1 is 0.603 bits per heavy atom. The first-order valence-electron chi connectivity index (χ1n) is 20.0.